The Kier molecular flexibility index (Phi) is 4.24. The second-order valence-electron chi connectivity index (χ2n) is 5.23. The van der Waals surface area contributed by atoms with Gasteiger partial charge in [-0.15, -0.1) is 0 Å². The molecule has 0 aliphatic heterocycles. The minimum atomic E-state index is -0.490. The predicted molar refractivity (Wildman–Crippen MR) is 92.0 cm³/mol. The van der Waals surface area contributed by atoms with Crippen molar-refractivity contribution in [3.63, 3.8) is 0 Å². The van der Waals surface area contributed by atoms with E-state index in [9.17, 15) is 14.9 Å². The largest absolute Gasteiger partial charge is 0.462 e. The number of hydrogen-bond donors (Lipinski definition) is 0. The van der Waals surface area contributed by atoms with Crippen molar-refractivity contribution < 1.29 is 14.5 Å². The molecule has 5 nitrogen and oxygen atoms in total. The Bertz CT molecular complexity index is 928. The molecule has 24 heavy (non-hydrogen) atoms. The van der Waals surface area contributed by atoms with Gasteiger partial charge in [0.05, 0.1) is 17.1 Å². The van der Waals surface area contributed by atoms with Crippen LogP contribution in [0.25, 0.3) is 21.9 Å². The summed E-state index contributed by atoms with van der Waals surface area (Å²) in [6, 6.07) is 17.6. The summed E-state index contributed by atoms with van der Waals surface area (Å²) in [5.74, 6) is -0.490. The Hall–Kier alpha value is -3.21. The van der Waals surface area contributed by atoms with E-state index in [1.807, 2.05) is 42.5 Å². The summed E-state index contributed by atoms with van der Waals surface area (Å²) in [7, 11) is 0. The molecule has 0 aliphatic carbocycles. The molecule has 0 atom stereocenters. The van der Waals surface area contributed by atoms with Crippen molar-refractivity contribution >= 4 is 22.4 Å². The topological polar surface area (TPSA) is 69.4 Å². The lowest BCUT2D eigenvalue weighted by Gasteiger charge is -2.11. The quantitative estimate of drug-likeness (QED) is 0.400. The maximum atomic E-state index is 12.3. The zero-order valence-corrected chi connectivity index (χ0v) is 13.1. The Morgan fingerprint density at radius 2 is 1.79 bits per heavy atom. The molecule has 120 valence electrons. The number of nitro benzene ring substituents is 1. The number of hydrogen-bond acceptors (Lipinski definition) is 4. The van der Waals surface area contributed by atoms with E-state index in [2.05, 4.69) is 0 Å². The van der Waals surface area contributed by atoms with E-state index in [-0.39, 0.29) is 12.3 Å². The molecule has 0 radical (unpaired) electrons. The van der Waals surface area contributed by atoms with E-state index in [0.29, 0.717) is 11.1 Å². The molecule has 0 spiro atoms. The highest BCUT2D eigenvalue weighted by Gasteiger charge is 2.19. The number of non-ortho nitro benzene ring substituents is 1. The Morgan fingerprint density at radius 1 is 1.04 bits per heavy atom. The number of ether oxygens (including phenoxy) is 1. The molecule has 0 saturated carbocycles. The van der Waals surface area contributed by atoms with Crippen LogP contribution >= 0.6 is 0 Å². The van der Waals surface area contributed by atoms with Gasteiger partial charge in [0, 0.05) is 17.7 Å². The second kappa shape index (κ2) is 6.50. The third kappa shape index (κ3) is 2.84. The Labute approximate surface area is 138 Å². The fourth-order valence-electron chi connectivity index (χ4n) is 2.72. The van der Waals surface area contributed by atoms with Gasteiger partial charge in [-0.05, 0) is 29.3 Å². The summed E-state index contributed by atoms with van der Waals surface area (Å²) in [5.41, 5.74) is 1.52. The number of fused-ring (bicyclic) bond motifs is 1. The van der Waals surface area contributed by atoms with Crippen LogP contribution in [0, 0.1) is 10.1 Å². The van der Waals surface area contributed by atoms with E-state index in [1.54, 1.807) is 6.92 Å². The molecule has 5 heteroatoms. The van der Waals surface area contributed by atoms with Gasteiger partial charge in [0.1, 0.15) is 0 Å². The lowest BCUT2D eigenvalue weighted by molar-refractivity contribution is -0.384. The smallest absolute Gasteiger partial charge is 0.338 e. The van der Waals surface area contributed by atoms with Gasteiger partial charge in [0.2, 0.25) is 0 Å². The summed E-state index contributed by atoms with van der Waals surface area (Å²) >= 11 is 0. The molecule has 0 fully saturated rings. The Morgan fingerprint density at radius 3 is 2.54 bits per heavy atom. The number of esters is 1. The molecular weight excluding hydrogens is 306 g/mol. The summed E-state index contributed by atoms with van der Waals surface area (Å²) in [4.78, 5) is 22.9. The van der Waals surface area contributed by atoms with Crippen molar-refractivity contribution in [2.45, 2.75) is 6.92 Å². The minimum Gasteiger partial charge on any atom is -0.462 e. The van der Waals surface area contributed by atoms with Crippen LogP contribution in [-0.4, -0.2) is 17.5 Å². The van der Waals surface area contributed by atoms with Crippen LogP contribution in [-0.2, 0) is 4.74 Å². The predicted octanol–water partition coefficient (Wildman–Crippen LogP) is 4.59. The third-order valence-electron chi connectivity index (χ3n) is 3.79. The number of nitrogens with zero attached hydrogens (tertiary/aromatic N) is 1. The summed E-state index contributed by atoms with van der Waals surface area (Å²) < 4.78 is 5.09. The van der Waals surface area contributed by atoms with Crippen molar-refractivity contribution in [2.75, 3.05) is 6.61 Å². The summed E-state index contributed by atoms with van der Waals surface area (Å²) in [6.45, 7) is 1.96. The molecule has 3 rings (SSSR count). The first-order chi connectivity index (χ1) is 11.6. The fraction of sp³-hybridized carbons (Fsp3) is 0.105. The molecule has 0 unspecified atom stereocenters. The lowest BCUT2D eigenvalue weighted by Crippen LogP contribution is -2.07. The maximum Gasteiger partial charge on any atom is 0.338 e. The first-order valence-corrected chi connectivity index (χ1v) is 7.55. The van der Waals surface area contributed by atoms with Crippen molar-refractivity contribution in [2.24, 2.45) is 0 Å². The molecule has 3 aromatic rings. The number of nitro groups is 1. The van der Waals surface area contributed by atoms with Gasteiger partial charge in [-0.25, -0.2) is 4.79 Å². The summed E-state index contributed by atoms with van der Waals surface area (Å²) in [6.07, 6.45) is 0. The lowest BCUT2D eigenvalue weighted by atomic mass is 9.94. The molecule has 0 saturated heterocycles. The zero-order chi connectivity index (χ0) is 17.1. The molecule has 0 bridgehead atoms. The van der Waals surface area contributed by atoms with Crippen molar-refractivity contribution in [3.05, 3.63) is 76.3 Å². The maximum absolute atomic E-state index is 12.3. The van der Waals surface area contributed by atoms with Crippen molar-refractivity contribution in [3.8, 4) is 11.1 Å². The van der Waals surface area contributed by atoms with E-state index >= 15 is 0 Å². The number of rotatable bonds is 4. The van der Waals surface area contributed by atoms with Crippen LogP contribution in [0.5, 0.6) is 0 Å². The van der Waals surface area contributed by atoms with Gasteiger partial charge in [-0.2, -0.15) is 0 Å². The van der Waals surface area contributed by atoms with Crippen molar-refractivity contribution in [1.29, 1.82) is 0 Å². The number of benzene rings is 3. The highest BCUT2D eigenvalue weighted by atomic mass is 16.6. The van der Waals surface area contributed by atoms with Crippen molar-refractivity contribution in [1.82, 2.24) is 0 Å². The van der Waals surface area contributed by atoms with Gasteiger partial charge in [-0.1, -0.05) is 42.5 Å². The molecule has 0 aromatic heterocycles. The van der Waals surface area contributed by atoms with E-state index in [0.717, 1.165) is 16.3 Å². The minimum absolute atomic E-state index is 0.0639. The Balaban J connectivity index is 2.29. The number of carbonyl (C=O) groups is 1. The first-order valence-electron chi connectivity index (χ1n) is 7.55. The van der Waals surface area contributed by atoms with Crippen LogP contribution in [0.4, 0.5) is 5.69 Å². The normalized spacial score (nSPS) is 10.5. The fourth-order valence-corrected chi connectivity index (χ4v) is 2.72. The SMILES string of the molecule is CCOC(=O)c1ccc([N+](=O)[O-])cc1-c1cccc2ccccc12. The van der Waals surface area contributed by atoms with Crippen LogP contribution in [0.2, 0.25) is 0 Å². The van der Waals surface area contributed by atoms with Crippen LogP contribution < -0.4 is 0 Å². The zero-order valence-electron chi connectivity index (χ0n) is 13.1. The van der Waals surface area contributed by atoms with E-state index < -0.39 is 10.9 Å². The van der Waals surface area contributed by atoms with E-state index in [1.165, 1.54) is 18.2 Å². The van der Waals surface area contributed by atoms with Crippen LogP contribution in [0.1, 0.15) is 17.3 Å². The first kappa shape index (κ1) is 15.7. The highest BCUT2D eigenvalue weighted by molar-refractivity contribution is 6.04. The van der Waals surface area contributed by atoms with Gasteiger partial charge >= 0.3 is 5.97 Å². The highest BCUT2D eigenvalue weighted by Crippen LogP contribution is 2.33. The molecule has 0 N–H and O–H groups in total. The average molecular weight is 321 g/mol. The summed E-state index contributed by atoms with van der Waals surface area (Å²) in [5, 5.41) is 13.1. The van der Waals surface area contributed by atoms with Gasteiger partial charge in [0.15, 0.2) is 0 Å². The number of carbonyl (C=O) groups excluding carboxylic acids is 1. The average Bonchev–Trinajstić information content (AvgIpc) is 2.61. The van der Waals surface area contributed by atoms with Gasteiger partial charge < -0.3 is 4.74 Å². The van der Waals surface area contributed by atoms with Crippen LogP contribution in [0.3, 0.4) is 0 Å². The molecule has 0 aliphatic rings. The van der Waals surface area contributed by atoms with Gasteiger partial charge in [0.25, 0.3) is 5.69 Å². The molecular formula is C19H15NO4. The second-order valence-corrected chi connectivity index (χ2v) is 5.23. The standard InChI is InChI=1S/C19H15NO4/c1-2-24-19(21)17-11-10-14(20(22)23)12-18(17)16-9-5-7-13-6-3-4-8-15(13)16/h3-12H,2H2,1H3. The van der Waals surface area contributed by atoms with Gasteiger partial charge in [-0.3, -0.25) is 10.1 Å². The third-order valence-corrected chi connectivity index (χ3v) is 3.79. The molecule has 0 heterocycles. The van der Waals surface area contributed by atoms with Crippen LogP contribution in [0.15, 0.2) is 60.7 Å². The van der Waals surface area contributed by atoms with E-state index in [4.69, 9.17) is 4.74 Å². The monoisotopic (exact) mass is 321 g/mol. The molecule has 0 amide bonds. The molecule has 3 aromatic carbocycles.